The maximum Gasteiger partial charge on any atom is 0.139 e. The minimum absolute atomic E-state index is 0.511. The molecule has 1 heterocycles. The summed E-state index contributed by atoms with van der Waals surface area (Å²) in [5.41, 5.74) is 2.47. The van der Waals surface area contributed by atoms with Crippen LogP contribution in [-0.4, -0.2) is 18.1 Å². The van der Waals surface area contributed by atoms with Crippen LogP contribution in [0.2, 0.25) is 5.02 Å². The zero-order chi connectivity index (χ0) is 15.1. The second-order valence-electron chi connectivity index (χ2n) is 5.08. The Bertz CT molecular complexity index is 557. The number of rotatable bonds is 7. The van der Waals surface area contributed by atoms with E-state index in [4.69, 9.17) is 16.3 Å². The van der Waals surface area contributed by atoms with Crippen molar-refractivity contribution < 1.29 is 4.74 Å². The van der Waals surface area contributed by atoms with Crippen LogP contribution in [0.25, 0.3) is 0 Å². The quantitative estimate of drug-likeness (QED) is 0.838. The lowest BCUT2D eigenvalue weighted by molar-refractivity contribution is 0.305. The molecular formula is C17H21ClN2O. The molecule has 1 unspecified atom stereocenters. The number of nitrogens with one attached hydrogen (secondary N) is 1. The number of ether oxygens (including phenoxy) is 1. The summed E-state index contributed by atoms with van der Waals surface area (Å²) >= 11 is 5.88. The molecule has 4 heteroatoms. The molecule has 0 fully saturated rings. The maximum atomic E-state index is 5.88. The second kappa shape index (κ2) is 8.01. The summed E-state index contributed by atoms with van der Waals surface area (Å²) < 4.78 is 5.68. The van der Waals surface area contributed by atoms with Gasteiger partial charge < -0.3 is 10.1 Å². The van der Waals surface area contributed by atoms with Gasteiger partial charge in [0.25, 0.3) is 0 Å². The molecule has 3 nitrogen and oxygen atoms in total. The highest BCUT2D eigenvalue weighted by Gasteiger charge is 2.05. The van der Waals surface area contributed by atoms with Gasteiger partial charge in [-0.15, -0.1) is 0 Å². The van der Waals surface area contributed by atoms with Crippen LogP contribution in [0.3, 0.4) is 0 Å². The third-order valence-electron chi connectivity index (χ3n) is 3.33. The van der Waals surface area contributed by atoms with Crippen molar-refractivity contribution in [3.8, 4) is 5.75 Å². The summed E-state index contributed by atoms with van der Waals surface area (Å²) in [6.07, 6.45) is 3.26. The van der Waals surface area contributed by atoms with Crippen LogP contribution in [0, 0.1) is 0 Å². The number of benzene rings is 1. The standard InChI is InChI=1S/C17H21ClN2O/c1-3-19-9-13(2)15-6-4-14(5-7-15)12-21-17-8-16(18)10-20-11-17/h4-8,10-11,13,19H,3,9,12H2,1-2H3. The SMILES string of the molecule is CCNCC(C)c1ccc(COc2cncc(Cl)c2)cc1. The van der Waals surface area contributed by atoms with E-state index in [2.05, 4.69) is 48.4 Å². The summed E-state index contributed by atoms with van der Waals surface area (Å²) in [4.78, 5) is 4.00. The number of aromatic nitrogens is 1. The lowest BCUT2D eigenvalue weighted by atomic mass is 10.00. The highest BCUT2D eigenvalue weighted by atomic mass is 35.5. The first kappa shape index (κ1) is 15.8. The average molecular weight is 305 g/mol. The van der Waals surface area contributed by atoms with Gasteiger partial charge in [-0.1, -0.05) is 49.7 Å². The Morgan fingerprint density at radius 1 is 1.24 bits per heavy atom. The zero-order valence-corrected chi connectivity index (χ0v) is 13.2. The summed E-state index contributed by atoms with van der Waals surface area (Å²) in [6, 6.07) is 10.3. The summed E-state index contributed by atoms with van der Waals surface area (Å²) in [5.74, 6) is 1.20. The molecule has 0 aliphatic rings. The van der Waals surface area contributed by atoms with Crippen LogP contribution in [0.5, 0.6) is 5.75 Å². The molecular weight excluding hydrogens is 284 g/mol. The van der Waals surface area contributed by atoms with E-state index in [1.54, 1.807) is 18.5 Å². The monoisotopic (exact) mass is 304 g/mol. The third kappa shape index (κ3) is 5.03. The zero-order valence-electron chi connectivity index (χ0n) is 12.5. The van der Waals surface area contributed by atoms with Gasteiger partial charge in [-0.25, -0.2) is 0 Å². The van der Waals surface area contributed by atoms with Crippen molar-refractivity contribution in [1.82, 2.24) is 10.3 Å². The Kier molecular flexibility index (Phi) is 6.03. The fraction of sp³-hybridized carbons (Fsp3) is 0.353. The molecule has 2 rings (SSSR count). The van der Waals surface area contributed by atoms with Crippen molar-refractivity contribution in [3.05, 3.63) is 58.9 Å². The van der Waals surface area contributed by atoms with Crippen molar-refractivity contribution in [2.75, 3.05) is 13.1 Å². The van der Waals surface area contributed by atoms with Gasteiger partial charge in [0.15, 0.2) is 0 Å². The lowest BCUT2D eigenvalue weighted by Gasteiger charge is -2.13. The van der Waals surface area contributed by atoms with E-state index >= 15 is 0 Å². The molecule has 1 N–H and O–H groups in total. The fourth-order valence-electron chi connectivity index (χ4n) is 2.06. The molecule has 0 aliphatic carbocycles. The molecule has 0 aliphatic heterocycles. The number of halogens is 1. The van der Waals surface area contributed by atoms with Gasteiger partial charge in [-0.05, 0) is 23.6 Å². The van der Waals surface area contributed by atoms with Crippen molar-refractivity contribution in [1.29, 1.82) is 0 Å². The number of likely N-dealkylation sites (N-methyl/N-ethyl adjacent to an activating group) is 1. The van der Waals surface area contributed by atoms with Crippen LogP contribution in [0.1, 0.15) is 30.9 Å². The predicted octanol–water partition coefficient (Wildman–Crippen LogP) is 4.03. The maximum absolute atomic E-state index is 5.88. The van der Waals surface area contributed by atoms with Crippen LogP contribution in [0.15, 0.2) is 42.7 Å². The molecule has 2 aromatic rings. The minimum atomic E-state index is 0.511. The Balaban J connectivity index is 1.90. The van der Waals surface area contributed by atoms with E-state index in [0.29, 0.717) is 23.3 Å². The van der Waals surface area contributed by atoms with Crippen molar-refractivity contribution in [3.63, 3.8) is 0 Å². The van der Waals surface area contributed by atoms with Gasteiger partial charge in [0.05, 0.1) is 11.2 Å². The Hall–Kier alpha value is -1.58. The molecule has 0 bridgehead atoms. The van der Waals surface area contributed by atoms with Crippen molar-refractivity contribution in [2.45, 2.75) is 26.4 Å². The smallest absolute Gasteiger partial charge is 0.139 e. The first-order valence-corrected chi connectivity index (χ1v) is 7.59. The van der Waals surface area contributed by atoms with Gasteiger partial charge in [0.1, 0.15) is 12.4 Å². The fourth-order valence-corrected chi connectivity index (χ4v) is 2.22. The van der Waals surface area contributed by atoms with E-state index < -0.39 is 0 Å². The summed E-state index contributed by atoms with van der Waals surface area (Å²) in [6.45, 7) is 6.87. The van der Waals surface area contributed by atoms with E-state index in [0.717, 1.165) is 18.7 Å². The first-order valence-electron chi connectivity index (χ1n) is 7.22. The molecule has 21 heavy (non-hydrogen) atoms. The lowest BCUT2D eigenvalue weighted by Crippen LogP contribution is -2.19. The molecule has 1 aromatic carbocycles. The van der Waals surface area contributed by atoms with E-state index in [1.807, 2.05) is 0 Å². The second-order valence-corrected chi connectivity index (χ2v) is 5.51. The molecule has 0 amide bonds. The largest absolute Gasteiger partial charge is 0.487 e. The molecule has 0 saturated carbocycles. The Morgan fingerprint density at radius 3 is 2.67 bits per heavy atom. The summed E-state index contributed by atoms with van der Waals surface area (Å²) in [7, 11) is 0. The number of hydrogen-bond donors (Lipinski definition) is 1. The predicted molar refractivity (Wildman–Crippen MR) is 87.0 cm³/mol. The molecule has 1 atom stereocenters. The van der Waals surface area contributed by atoms with Gasteiger partial charge in [0, 0.05) is 18.8 Å². The molecule has 0 radical (unpaired) electrons. The molecule has 0 spiro atoms. The Morgan fingerprint density at radius 2 is 2.00 bits per heavy atom. The van der Waals surface area contributed by atoms with Crippen molar-refractivity contribution in [2.24, 2.45) is 0 Å². The highest BCUT2D eigenvalue weighted by Crippen LogP contribution is 2.18. The highest BCUT2D eigenvalue weighted by molar-refractivity contribution is 6.30. The molecule has 1 aromatic heterocycles. The average Bonchev–Trinajstić information content (AvgIpc) is 2.51. The van der Waals surface area contributed by atoms with Crippen molar-refractivity contribution >= 4 is 11.6 Å². The number of nitrogens with zero attached hydrogens (tertiary/aromatic N) is 1. The van der Waals surface area contributed by atoms with Gasteiger partial charge in [-0.2, -0.15) is 0 Å². The minimum Gasteiger partial charge on any atom is -0.487 e. The van der Waals surface area contributed by atoms with Gasteiger partial charge in [0.2, 0.25) is 0 Å². The van der Waals surface area contributed by atoms with Gasteiger partial charge in [-0.3, -0.25) is 4.98 Å². The number of pyridine rings is 1. The summed E-state index contributed by atoms with van der Waals surface area (Å²) in [5, 5.41) is 3.95. The van der Waals surface area contributed by atoms with Crippen LogP contribution < -0.4 is 10.1 Å². The van der Waals surface area contributed by atoms with Gasteiger partial charge >= 0.3 is 0 Å². The topological polar surface area (TPSA) is 34.1 Å². The molecule has 0 saturated heterocycles. The van der Waals surface area contributed by atoms with E-state index in [9.17, 15) is 0 Å². The van der Waals surface area contributed by atoms with Crippen LogP contribution in [0.4, 0.5) is 0 Å². The first-order chi connectivity index (χ1) is 10.2. The normalized spacial score (nSPS) is 12.1. The van der Waals surface area contributed by atoms with E-state index in [1.165, 1.54) is 5.56 Å². The number of hydrogen-bond acceptors (Lipinski definition) is 3. The molecule has 112 valence electrons. The Labute approximate surface area is 131 Å². The third-order valence-corrected chi connectivity index (χ3v) is 3.54. The van der Waals surface area contributed by atoms with E-state index in [-0.39, 0.29) is 0 Å². The van der Waals surface area contributed by atoms with Crippen LogP contribution >= 0.6 is 11.6 Å². The van der Waals surface area contributed by atoms with Crippen LogP contribution in [-0.2, 0) is 6.61 Å².